The van der Waals surface area contributed by atoms with Gasteiger partial charge in [0.25, 0.3) is 20.0 Å². The fourth-order valence-corrected chi connectivity index (χ4v) is 10.5. The molecule has 0 radical (unpaired) electrons. The van der Waals surface area contributed by atoms with Crippen molar-refractivity contribution < 1.29 is 20.6 Å². The molecule has 1 rings (SSSR count). The van der Waals surface area contributed by atoms with Crippen molar-refractivity contribution in [3.63, 3.8) is 0 Å². The van der Waals surface area contributed by atoms with Gasteiger partial charge in [-0.3, -0.25) is 0 Å². The molecule has 4 nitrogen and oxygen atoms in total. The molecule has 2 atom stereocenters. The molecule has 1 aliphatic heterocycles. The second-order valence-corrected chi connectivity index (χ2v) is 11.9. The summed E-state index contributed by atoms with van der Waals surface area (Å²) in [6.45, 7) is 3.93. The van der Waals surface area contributed by atoms with Crippen LogP contribution in [0.5, 0.6) is 0 Å². The topological polar surface area (TPSA) is 36.9 Å². The molecule has 9 heteroatoms. The van der Waals surface area contributed by atoms with Crippen molar-refractivity contribution in [1.82, 2.24) is 0 Å². The van der Waals surface area contributed by atoms with Crippen LogP contribution in [-0.4, -0.2) is 38.2 Å². The van der Waals surface area contributed by atoms with E-state index < -0.39 is 38.2 Å². The summed E-state index contributed by atoms with van der Waals surface area (Å²) < 4.78 is 34.0. The van der Waals surface area contributed by atoms with Crippen LogP contribution in [0.1, 0.15) is 13.3 Å². The Kier molecular flexibility index (Phi) is 4.96. The Bertz CT molecular complexity index is 163. The monoisotopic (exact) mass is 258 g/mol. The Hall–Kier alpha value is 0.638. The van der Waals surface area contributed by atoms with Crippen molar-refractivity contribution in [2.75, 3.05) is 0 Å². The van der Waals surface area contributed by atoms with Crippen molar-refractivity contribution in [2.24, 2.45) is 0 Å². The lowest BCUT2D eigenvalue weighted by Crippen LogP contribution is -2.47. The minimum atomic E-state index is -2.93. The van der Waals surface area contributed by atoms with Gasteiger partial charge in [0.2, 0.25) is 0 Å². The maximum Gasteiger partial charge on any atom is 0.506 e. The predicted octanol–water partition coefficient (Wildman–Crippen LogP) is -0.767. The molecular weight excluding hydrogens is 243 g/mol. The first-order chi connectivity index (χ1) is 6.16. The average molecular weight is 259 g/mol. The second kappa shape index (κ2) is 5.50. The maximum absolute atomic E-state index is 13.1. The molecule has 1 fully saturated rings. The van der Waals surface area contributed by atoms with Crippen molar-refractivity contribution in [3.05, 3.63) is 0 Å². The van der Waals surface area contributed by atoms with Gasteiger partial charge in [0.05, 0.1) is 0 Å². The van der Waals surface area contributed by atoms with Crippen LogP contribution < -0.4 is 0 Å². The average Bonchev–Trinajstić information content (AvgIpc) is 2.01. The van der Waals surface area contributed by atoms with E-state index in [0.717, 1.165) is 12.5 Å². The minimum Gasteiger partial charge on any atom is -0.425 e. The molecule has 0 aromatic heterocycles. The van der Waals surface area contributed by atoms with Crippen LogP contribution in [0.4, 0.5) is 4.11 Å². The zero-order valence-corrected chi connectivity index (χ0v) is 12.9. The molecule has 0 amide bonds. The van der Waals surface area contributed by atoms with E-state index in [-0.39, 0.29) is 0 Å². The fraction of sp³-hybridized carbons (Fsp3) is 1.00. The normalized spacial score (nSPS) is 40.4. The first kappa shape index (κ1) is 11.7. The Morgan fingerprint density at radius 1 is 1.46 bits per heavy atom. The van der Waals surface area contributed by atoms with Gasteiger partial charge in [-0.25, -0.2) is 4.11 Å². The quantitative estimate of drug-likeness (QED) is 0.482. The third kappa shape index (κ3) is 4.12. The molecular formula is C4H15FO4Si4. The Labute approximate surface area is 85.1 Å². The van der Waals surface area contributed by atoms with Gasteiger partial charge < -0.3 is 16.5 Å². The molecule has 2 unspecified atom stereocenters. The van der Waals surface area contributed by atoms with Crippen molar-refractivity contribution in [3.8, 4) is 0 Å². The van der Waals surface area contributed by atoms with Crippen LogP contribution in [0.15, 0.2) is 0 Å². The molecule has 13 heavy (non-hydrogen) atoms. The van der Waals surface area contributed by atoms with E-state index in [0.29, 0.717) is 0 Å². The van der Waals surface area contributed by atoms with E-state index in [1.807, 2.05) is 13.5 Å². The number of rotatable bonds is 2. The summed E-state index contributed by atoms with van der Waals surface area (Å²) in [5.41, 5.74) is 0. The lowest BCUT2D eigenvalue weighted by molar-refractivity contribution is 0.263. The third-order valence-corrected chi connectivity index (χ3v) is 11.8. The summed E-state index contributed by atoms with van der Waals surface area (Å²) in [6, 6.07) is 0.821. The zero-order chi connectivity index (χ0) is 9.73. The Morgan fingerprint density at radius 2 is 2.23 bits per heavy atom. The van der Waals surface area contributed by atoms with Gasteiger partial charge in [-0.15, -0.1) is 0 Å². The molecule has 1 saturated heterocycles. The fourth-order valence-electron chi connectivity index (χ4n) is 1.15. The van der Waals surface area contributed by atoms with E-state index in [1.165, 1.54) is 0 Å². The molecule has 1 aliphatic rings. The summed E-state index contributed by atoms with van der Waals surface area (Å²) in [5.74, 6) is 0. The van der Waals surface area contributed by atoms with Crippen LogP contribution in [0.25, 0.3) is 0 Å². The number of halogens is 1. The Balaban J connectivity index is 2.48. The highest BCUT2D eigenvalue weighted by atomic mass is 28.5. The van der Waals surface area contributed by atoms with Crippen molar-refractivity contribution >= 4 is 38.2 Å². The summed E-state index contributed by atoms with van der Waals surface area (Å²) in [5, 5.41) is 0. The van der Waals surface area contributed by atoms with E-state index in [1.54, 1.807) is 0 Å². The second-order valence-electron chi connectivity index (χ2n) is 3.03. The van der Waals surface area contributed by atoms with Crippen LogP contribution in [-0.2, 0) is 16.5 Å². The van der Waals surface area contributed by atoms with E-state index in [2.05, 4.69) is 0 Å². The van der Waals surface area contributed by atoms with E-state index >= 15 is 0 Å². The van der Waals surface area contributed by atoms with Gasteiger partial charge in [-0.05, 0) is 12.6 Å². The molecule has 0 spiro atoms. The molecule has 0 aromatic rings. The molecule has 0 aromatic carbocycles. The minimum absolute atomic E-state index is 0.821. The highest BCUT2D eigenvalue weighted by Crippen LogP contribution is 2.18. The SMILES string of the molecule is CCC[Si]1(C)O[SiH2]O[SiH2]O[SiH](F)O1. The van der Waals surface area contributed by atoms with Crippen LogP contribution in [0.3, 0.4) is 0 Å². The van der Waals surface area contributed by atoms with Gasteiger partial charge in [-0.1, -0.05) is 13.3 Å². The van der Waals surface area contributed by atoms with Gasteiger partial charge in [-0.2, -0.15) is 0 Å². The smallest absolute Gasteiger partial charge is 0.425 e. The number of hydrogen-bond acceptors (Lipinski definition) is 4. The third-order valence-electron chi connectivity index (χ3n) is 1.78. The lowest BCUT2D eigenvalue weighted by Gasteiger charge is -2.30. The zero-order valence-electron chi connectivity index (χ0n) is 7.92. The highest BCUT2D eigenvalue weighted by molar-refractivity contribution is 6.76. The highest BCUT2D eigenvalue weighted by Gasteiger charge is 2.36. The van der Waals surface area contributed by atoms with Crippen LogP contribution in [0.2, 0.25) is 12.6 Å². The molecule has 1 heterocycles. The standard InChI is InChI=1S/C4H15FO4Si4/c1-3-4-13(2)8-11-6-10-7-12(5)9-13/h12H,3-4,10-11H2,1-2H3. The van der Waals surface area contributed by atoms with Crippen LogP contribution >= 0.6 is 0 Å². The molecule has 0 N–H and O–H groups in total. The lowest BCUT2D eigenvalue weighted by atomic mass is 10.6. The number of hydrogen-bond donors (Lipinski definition) is 0. The summed E-state index contributed by atoms with van der Waals surface area (Å²) >= 11 is 0. The molecule has 0 saturated carbocycles. The van der Waals surface area contributed by atoms with Crippen LogP contribution in [0, 0.1) is 0 Å². The summed E-state index contributed by atoms with van der Waals surface area (Å²) in [6.07, 6.45) is 0.954. The largest absolute Gasteiger partial charge is 0.506 e. The molecule has 78 valence electrons. The van der Waals surface area contributed by atoms with E-state index in [9.17, 15) is 4.11 Å². The maximum atomic E-state index is 13.1. The van der Waals surface area contributed by atoms with Crippen molar-refractivity contribution in [2.45, 2.75) is 25.9 Å². The van der Waals surface area contributed by atoms with Gasteiger partial charge in [0.15, 0.2) is 0 Å². The van der Waals surface area contributed by atoms with Gasteiger partial charge in [0, 0.05) is 0 Å². The first-order valence-corrected chi connectivity index (χ1v) is 10.5. The van der Waals surface area contributed by atoms with Crippen molar-refractivity contribution in [1.29, 1.82) is 0 Å². The van der Waals surface area contributed by atoms with Gasteiger partial charge in [0.1, 0.15) is 0 Å². The molecule has 0 aliphatic carbocycles. The molecule has 0 bridgehead atoms. The van der Waals surface area contributed by atoms with E-state index in [4.69, 9.17) is 16.5 Å². The Morgan fingerprint density at radius 3 is 2.92 bits per heavy atom. The summed E-state index contributed by atoms with van der Waals surface area (Å²) in [4.78, 5) is 0. The van der Waals surface area contributed by atoms with Gasteiger partial charge >= 0.3 is 18.2 Å². The first-order valence-electron chi connectivity index (χ1n) is 4.31. The predicted molar refractivity (Wildman–Crippen MR) is 56.4 cm³/mol. The summed E-state index contributed by atoms with van der Waals surface area (Å²) in [7, 11) is -7.30.